The summed E-state index contributed by atoms with van der Waals surface area (Å²) >= 11 is 5.21. The normalized spacial score (nSPS) is 13.0. The molecule has 0 atom stereocenters. The molecule has 10 heteroatoms. The van der Waals surface area contributed by atoms with Gasteiger partial charge in [-0.3, -0.25) is 20.2 Å². The van der Waals surface area contributed by atoms with Crippen LogP contribution < -0.4 is 15.5 Å². The molecule has 0 spiro atoms. The third-order valence-corrected chi connectivity index (χ3v) is 5.13. The first-order valence-corrected chi connectivity index (χ1v) is 9.67. The Morgan fingerprint density at radius 2 is 1.87 bits per heavy atom. The number of non-ortho nitro benzene ring substituents is 1. The average molecular weight is 428 g/mol. The summed E-state index contributed by atoms with van der Waals surface area (Å²) in [7, 11) is 0. The van der Waals surface area contributed by atoms with E-state index in [0.717, 1.165) is 25.9 Å². The van der Waals surface area contributed by atoms with Gasteiger partial charge in [0.05, 0.1) is 21.7 Å². The van der Waals surface area contributed by atoms with Gasteiger partial charge in [0.15, 0.2) is 5.11 Å². The first-order valence-electron chi connectivity index (χ1n) is 9.26. The number of nitro groups is 1. The molecule has 3 rings (SSSR count). The zero-order chi connectivity index (χ0) is 21.8. The molecule has 0 bridgehead atoms. The Balaban J connectivity index is 1.82. The zero-order valence-electron chi connectivity index (χ0n) is 16.2. The molecule has 9 nitrogen and oxygen atoms in total. The molecule has 1 aliphatic heterocycles. The number of benzene rings is 2. The number of rotatable bonds is 5. The Morgan fingerprint density at radius 1 is 1.17 bits per heavy atom. The van der Waals surface area contributed by atoms with Crippen molar-refractivity contribution >= 4 is 46.3 Å². The molecule has 2 aromatic rings. The van der Waals surface area contributed by atoms with Gasteiger partial charge < -0.3 is 15.3 Å². The molecule has 2 aromatic carbocycles. The highest BCUT2D eigenvalue weighted by atomic mass is 32.1. The maximum Gasteiger partial charge on any atom is 0.336 e. The van der Waals surface area contributed by atoms with Crippen molar-refractivity contribution in [2.24, 2.45) is 0 Å². The molecule has 0 aliphatic carbocycles. The van der Waals surface area contributed by atoms with Gasteiger partial charge in [0.2, 0.25) is 0 Å². The summed E-state index contributed by atoms with van der Waals surface area (Å²) in [4.78, 5) is 36.8. The van der Waals surface area contributed by atoms with Crippen LogP contribution in [-0.4, -0.2) is 40.1 Å². The van der Waals surface area contributed by atoms with Crippen LogP contribution in [0.1, 0.15) is 39.1 Å². The highest BCUT2D eigenvalue weighted by Gasteiger charge is 2.23. The highest BCUT2D eigenvalue weighted by Crippen LogP contribution is 2.28. The van der Waals surface area contributed by atoms with Crippen molar-refractivity contribution in [3.05, 3.63) is 63.2 Å². The zero-order valence-corrected chi connectivity index (χ0v) is 17.0. The number of anilines is 2. The number of carbonyl (C=O) groups excluding carboxylic acids is 1. The van der Waals surface area contributed by atoms with Crippen LogP contribution in [0.3, 0.4) is 0 Å². The Labute approximate surface area is 177 Å². The average Bonchev–Trinajstić information content (AvgIpc) is 3.23. The van der Waals surface area contributed by atoms with E-state index >= 15 is 0 Å². The van der Waals surface area contributed by atoms with E-state index in [4.69, 9.17) is 12.2 Å². The number of aromatic carboxylic acids is 1. The van der Waals surface area contributed by atoms with Crippen LogP contribution in [0, 0.1) is 17.0 Å². The Bertz CT molecular complexity index is 1030. The van der Waals surface area contributed by atoms with E-state index in [0.29, 0.717) is 16.9 Å². The third-order valence-electron chi connectivity index (χ3n) is 4.92. The SMILES string of the molecule is Cc1c(NC(=S)NC(=O)c2cc([N+](=O)[O-])ccc2N2CCCC2)cccc1C(=O)O. The first kappa shape index (κ1) is 21.2. The van der Waals surface area contributed by atoms with Gasteiger partial charge >= 0.3 is 5.97 Å². The second-order valence-electron chi connectivity index (χ2n) is 6.84. The number of hydrogen-bond donors (Lipinski definition) is 3. The van der Waals surface area contributed by atoms with E-state index in [1.807, 2.05) is 4.90 Å². The lowest BCUT2D eigenvalue weighted by Gasteiger charge is -2.21. The third kappa shape index (κ3) is 4.54. The number of hydrogen-bond acceptors (Lipinski definition) is 6. The van der Waals surface area contributed by atoms with Gasteiger partial charge in [0, 0.05) is 30.9 Å². The van der Waals surface area contributed by atoms with Gasteiger partial charge in [-0.05, 0) is 55.7 Å². The molecule has 1 saturated heterocycles. The molecule has 1 fully saturated rings. The minimum absolute atomic E-state index is 0.0375. The van der Waals surface area contributed by atoms with Crippen LogP contribution in [0.2, 0.25) is 0 Å². The number of nitrogens with one attached hydrogen (secondary N) is 2. The van der Waals surface area contributed by atoms with Gasteiger partial charge in [-0.2, -0.15) is 0 Å². The van der Waals surface area contributed by atoms with Crippen molar-refractivity contribution in [1.82, 2.24) is 5.32 Å². The fraction of sp³-hybridized carbons (Fsp3) is 0.250. The molecule has 156 valence electrons. The summed E-state index contributed by atoms with van der Waals surface area (Å²) in [5.74, 6) is -1.65. The van der Waals surface area contributed by atoms with Gasteiger partial charge in [-0.1, -0.05) is 6.07 Å². The van der Waals surface area contributed by atoms with Crippen molar-refractivity contribution in [3.63, 3.8) is 0 Å². The van der Waals surface area contributed by atoms with Crippen LogP contribution >= 0.6 is 12.2 Å². The van der Waals surface area contributed by atoms with Crippen LogP contribution in [0.5, 0.6) is 0 Å². The molecule has 0 saturated carbocycles. The van der Waals surface area contributed by atoms with Gasteiger partial charge in [-0.25, -0.2) is 4.79 Å². The molecular formula is C20H20N4O5S. The largest absolute Gasteiger partial charge is 0.478 e. The summed E-state index contributed by atoms with van der Waals surface area (Å²) in [6.07, 6.45) is 1.97. The van der Waals surface area contributed by atoms with Crippen LogP contribution in [-0.2, 0) is 0 Å². The number of nitrogens with zero attached hydrogens (tertiary/aromatic N) is 2. The number of nitro benzene ring substituents is 1. The molecule has 1 amide bonds. The van der Waals surface area contributed by atoms with Crippen molar-refractivity contribution < 1.29 is 19.6 Å². The highest BCUT2D eigenvalue weighted by molar-refractivity contribution is 7.80. The predicted molar refractivity (Wildman–Crippen MR) is 116 cm³/mol. The molecule has 0 radical (unpaired) electrons. The Hall–Kier alpha value is -3.53. The molecule has 0 unspecified atom stereocenters. The lowest BCUT2D eigenvalue weighted by atomic mass is 10.1. The van der Waals surface area contributed by atoms with Gasteiger partial charge in [0.25, 0.3) is 11.6 Å². The van der Waals surface area contributed by atoms with Crippen molar-refractivity contribution in [2.75, 3.05) is 23.3 Å². The molecular weight excluding hydrogens is 408 g/mol. The second kappa shape index (κ2) is 8.87. The smallest absolute Gasteiger partial charge is 0.336 e. The predicted octanol–water partition coefficient (Wildman–Crippen LogP) is 3.33. The number of amides is 1. The molecule has 1 aliphatic rings. The maximum absolute atomic E-state index is 12.9. The van der Waals surface area contributed by atoms with Crippen molar-refractivity contribution in [3.8, 4) is 0 Å². The molecule has 1 heterocycles. The quantitative estimate of drug-likeness (QED) is 0.376. The number of carboxylic acid groups (broad SMARTS) is 1. The topological polar surface area (TPSA) is 125 Å². The molecule has 30 heavy (non-hydrogen) atoms. The lowest BCUT2D eigenvalue weighted by Crippen LogP contribution is -2.35. The van der Waals surface area contributed by atoms with E-state index in [1.54, 1.807) is 25.1 Å². The molecule has 3 N–H and O–H groups in total. The van der Waals surface area contributed by atoms with E-state index in [-0.39, 0.29) is 21.9 Å². The fourth-order valence-corrected chi connectivity index (χ4v) is 3.58. The summed E-state index contributed by atoms with van der Waals surface area (Å²) < 4.78 is 0. The number of carbonyl (C=O) groups is 2. The standard InChI is InChI=1S/C20H20N4O5S/c1-12-14(19(26)27)5-4-6-16(12)21-20(30)22-18(25)15-11-13(24(28)29)7-8-17(15)23-9-2-3-10-23/h4-8,11H,2-3,9-10H2,1H3,(H,26,27)(H2,21,22,25,30). The van der Waals surface area contributed by atoms with Crippen LogP contribution in [0.4, 0.5) is 17.1 Å². The van der Waals surface area contributed by atoms with E-state index in [9.17, 15) is 24.8 Å². The summed E-state index contributed by atoms with van der Waals surface area (Å²) in [6, 6.07) is 8.87. The lowest BCUT2D eigenvalue weighted by molar-refractivity contribution is -0.384. The van der Waals surface area contributed by atoms with Crippen molar-refractivity contribution in [1.29, 1.82) is 0 Å². The summed E-state index contributed by atoms with van der Waals surface area (Å²) in [6.45, 7) is 3.16. The monoisotopic (exact) mass is 428 g/mol. The van der Waals surface area contributed by atoms with Crippen LogP contribution in [0.15, 0.2) is 36.4 Å². The summed E-state index contributed by atoms with van der Waals surface area (Å²) in [5.41, 5.74) is 1.61. The Morgan fingerprint density at radius 3 is 2.50 bits per heavy atom. The fourth-order valence-electron chi connectivity index (χ4n) is 3.38. The maximum atomic E-state index is 12.9. The molecule has 0 aromatic heterocycles. The van der Waals surface area contributed by atoms with Crippen molar-refractivity contribution in [2.45, 2.75) is 19.8 Å². The van der Waals surface area contributed by atoms with Crippen LogP contribution in [0.25, 0.3) is 0 Å². The number of thiocarbonyl (C=S) groups is 1. The minimum Gasteiger partial charge on any atom is -0.478 e. The van der Waals surface area contributed by atoms with E-state index in [1.165, 1.54) is 18.2 Å². The van der Waals surface area contributed by atoms with Gasteiger partial charge in [-0.15, -0.1) is 0 Å². The minimum atomic E-state index is -1.07. The Kier molecular flexibility index (Phi) is 6.26. The number of carboxylic acids is 1. The van der Waals surface area contributed by atoms with E-state index < -0.39 is 16.8 Å². The van der Waals surface area contributed by atoms with Gasteiger partial charge in [0.1, 0.15) is 0 Å². The summed E-state index contributed by atoms with van der Waals surface area (Å²) in [5, 5.41) is 25.7. The first-order chi connectivity index (χ1) is 14.3. The second-order valence-corrected chi connectivity index (χ2v) is 7.25. The van der Waals surface area contributed by atoms with E-state index in [2.05, 4.69) is 10.6 Å².